The summed E-state index contributed by atoms with van der Waals surface area (Å²) in [6.45, 7) is 14.5. The van der Waals surface area contributed by atoms with Crippen LogP contribution in [0.1, 0.15) is 89.4 Å². The van der Waals surface area contributed by atoms with Crippen LogP contribution in [0.15, 0.2) is 46.5 Å². The lowest BCUT2D eigenvalue weighted by atomic mass is 9.96. The Balaban J connectivity index is 0.00000210. The molecule has 2 amide bonds. The Bertz CT molecular complexity index is 1040. The number of allylic oxidation sites excluding steroid dienone is 6. The number of halogens is 1. The molecule has 0 bridgehead atoms. The van der Waals surface area contributed by atoms with Gasteiger partial charge in [0.15, 0.2) is 5.82 Å². The predicted molar refractivity (Wildman–Crippen MR) is 143 cm³/mol. The first kappa shape index (κ1) is 28.6. The van der Waals surface area contributed by atoms with Crippen LogP contribution in [-0.2, 0) is 4.74 Å². The molecule has 0 radical (unpaired) electrons. The molecule has 1 aliphatic heterocycles. The number of rotatable bonds is 5. The number of hydrogen-bond donors (Lipinski definition) is 1. The second-order valence-corrected chi connectivity index (χ2v) is 10.2. The van der Waals surface area contributed by atoms with Crippen LogP contribution < -0.4 is 5.32 Å². The third-order valence-electron chi connectivity index (χ3n) is 5.58. The predicted octanol–water partition coefficient (Wildman–Crippen LogP) is 7.63. The summed E-state index contributed by atoms with van der Waals surface area (Å²) < 4.78 is 20.5. The average Bonchev–Trinajstić information content (AvgIpc) is 3.21. The highest BCUT2D eigenvalue weighted by atomic mass is 32.1. The molecular weight excluding hydrogens is 463 g/mol. The third kappa shape index (κ3) is 7.92. The molecule has 35 heavy (non-hydrogen) atoms. The van der Waals surface area contributed by atoms with Gasteiger partial charge in [0.25, 0.3) is 5.91 Å². The van der Waals surface area contributed by atoms with Crippen molar-refractivity contribution in [1.82, 2.24) is 10.2 Å². The fourth-order valence-corrected chi connectivity index (χ4v) is 4.69. The molecule has 0 unspecified atom stereocenters. The summed E-state index contributed by atoms with van der Waals surface area (Å²) in [7, 11) is 0. The summed E-state index contributed by atoms with van der Waals surface area (Å²) in [6, 6.07) is 0. The van der Waals surface area contributed by atoms with Gasteiger partial charge >= 0.3 is 6.09 Å². The highest BCUT2D eigenvalue weighted by Gasteiger charge is 2.26. The van der Waals surface area contributed by atoms with E-state index in [2.05, 4.69) is 25.2 Å². The average molecular weight is 503 g/mol. The van der Waals surface area contributed by atoms with Crippen molar-refractivity contribution in [2.45, 2.75) is 79.8 Å². The highest BCUT2D eigenvalue weighted by Crippen LogP contribution is 2.31. The molecule has 0 spiro atoms. The van der Waals surface area contributed by atoms with E-state index in [4.69, 9.17) is 4.74 Å². The first-order valence-corrected chi connectivity index (χ1v) is 13.3. The lowest BCUT2D eigenvalue weighted by molar-refractivity contribution is 0.0270. The molecule has 2 heterocycles. The molecule has 1 aromatic heterocycles. The first-order valence-electron chi connectivity index (χ1n) is 12.4. The van der Waals surface area contributed by atoms with Gasteiger partial charge in [-0.15, -0.1) is 11.3 Å². The molecule has 7 heteroatoms. The van der Waals surface area contributed by atoms with E-state index in [9.17, 15) is 9.59 Å². The Morgan fingerprint density at radius 1 is 1.20 bits per heavy atom. The lowest BCUT2D eigenvalue weighted by Crippen LogP contribution is -2.39. The lowest BCUT2D eigenvalue weighted by Gasteiger charge is -2.29. The van der Waals surface area contributed by atoms with E-state index >= 15 is 4.39 Å². The number of amides is 2. The van der Waals surface area contributed by atoms with Crippen LogP contribution in [0.5, 0.6) is 0 Å². The monoisotopic (exact) mass is 502 g/mol. The molecular formula is C28H39FN2O3S. The SMILES string of the molecule is CC.CC/C=C(\C)C1=CC=C(NC(=O)c2scc(C3=CCN(C(=O)OC(C)(C)C)CC3)c2F)CC1. The van der Waals surface area contributed by atoms with Crippen molar-refractivity contribution in [2.24, 2.45) is 0 Å². The summed E-state index contributed by atoms with van der Waals surface area (Å²) in [4.78, 5) is 26.6. The van der Waals surface area contributed by atoms with Crippen LogP contribution in [0.3, 0.4) is 0 Å². The van der Waals surface area contributed by atoms with Gasteiger partial charge in [0.2, 0.25) is 0 Å². The Morgan fingerprint density at radius 3 is 2.46 bits per heavy atom. The van der Waals surface area contributed by atoms with Gasteiger partial charge in [-0.3, -0.25) is 4.79 Å². The summed E-state index contributed by atoms with van der Waals surface area (Å²) in [5, 5.41) is 4.55. The third-order valence-corrected chi connectivity index (χ3v) is 6.54. The van der Waals surface area contributed by atoms with Crippen LogP contribution in [0, 0.1) is 5.82 Å². The fourth-order valence-electron chi connectivity index (χ4n) is 3.83. The van der Waals surface area contributed by atoms with Crippen LogP contribution in [0.4, 0.5) is 9.18 Å². The topological polar surface area (TPSA) is 58.6 Å². The first-order chi connectivity index (χ1) is 16.6. The van der Waals surface area contributed by atoms with E-state index in [-0.39, 0.29) is 11.0 Å². The minimum Gasteiger partial charge on any atom is -0.444 e. The van der Waals surface area contributed by atoms with E-state index in [1.807, 2.05) is 52.8 Å². The molecule has 0 atom stereocenters. The second-order valence-electron chi connectivity index (χ2n) is 9.33. The molecule has 2 aliphatic rings. The van der Waals surface area contributed by atoms with Crippen molar-refractivity contribution in [3.63, 3.8) is 0 Å². The van der Waals surface area contributed by atoms with Crippen molar-refractivity contribution < 1.29 is 18.7 Å². The van der Waals surface area contributed by atoms with Gasteiger partial charge in [-0.2, -0.15) is 0 Å². The van der Waals surface area contributed by atoms with E-state index in [1.165, 1.54) is 11.1 Å². The molecule has 0 saturated carbocycles. The van der Waals surface area contributed by atoms with Crippen LogP contribution in [0.25, 0.3) is 5.57 Å². The van der Waals surface area contributed by atoms with E-state index in [0.29, 0.717) is 25.1 Å². The van der Waals surface area contributed by atoms with Crippen molar-refractivity contribution in [3.8, 4) is 0 Å². The minimum absolute atomic E-state index is 0.0817. The Hall–Kier alpha value is -2.67. The van der Waals surface area contributed by atoms with Gasteiger partial charge in [0, 0.05) is 29.7 Å². The summed E-state index contributed by atoms with van der Waals surface area (Å²) >= 11 is 1.11. The van der Waals surface area contributed by atoms with Crippen LogP contribution in [-0.4, -0.2) is 35.6 Å². The Labute approximate surface area is 213 Å². The number of ether oxygens (including phenoxy) is 1. The van der Waals surface area contributed by atoms with Crippen molar-refractivity contribution >= 4 is 28.9 Å². The Kier molecular flexibility index (Phi) is 10.5. The molecule has 0 fully saturated rings. The largest absolute Gasteiger partial charge is 0.444 e. The summed E-state index contributed by atoms with van der Waals surface area (Å²) in [6.07, 6.45) is 10.7. The number of carbonyl (C=O) groups is 2. The molecule has 0 aromatic carbocycles. The molecule has 0 saturated heterocycles. The van der Waals surface area contributed by atoms with Gasteiger partial charge in [0.05, 0.1) is 0 Å². The fraction of sp³-hybridized carbons (Fsp3) is 0.500. The maximum absolute atomic E-state index is 15.1. The van der Waals surface area contributed by atoms with E-state index in [0.717, 1.165) is 41.9 Å². The van der Waals surface area contributed by atoms with Gasteiger partial charge in [-0.05, 0) is 70.6 Å². The highest BCUT2D eigenvalue weighted by molar-refractivity contribution is 7.12. The number of nitrogens with one attached hydrogen (secondary N) is 1. The van der Waals surface area contributed by atoms with Gasteiger partial charge in [-0.1, -0.05) is 44.6 Å². The zero-order chi connectivity index (χ0) is 26.2. The zero-order valence-corrected chi connectivity index (χ0v) is 22.9. The van der Waals surface area contributed by atoms with Gasteiger partial charge < -0.3 is 15.0 Å². The molecule has 192 valence electrons. The standard InChI is InChI=1S/C26H33FN2O3S.C2H6/c1-6-7-17(2)18-8-10-20(11-9-18)28-24(30)23-22(27)21(16-33-23)19-12-14-29(15-13-19)25(31)32-26(3,4)5;1-2/h7-8,10,12,16H,6,9,11,13-15H2,1-5H3,(H,28,30);1-2H3/b17-7+;. The van der Waals surface area contributed by atoms with Gasteiger partial charge in [-0.25, -0.2) is 9.18 Å². The number of hydrogen-bond acceptors (Lipinski definition) is 4. The molecule has 3 rings (SSSR count). The maximum Gasteiger partial charge on any atom is 0.410 e. The van der Waals surface area contributed by atoms with Crippen LogP contribution >= 0.6 is 11.3 Å². The number of carbonyl (C=O) groups excluding carboxylic acids is 2. The quantitative estimate of drug-likeness (QED) is 0.450. The van der Waals surface area contributed by atoms with Crippen molar-refractivity contribution in [1.29, 1.82) is 0 Å². The summed E-state index contributed by atoms with van der Waals surface area (Å²) in [5.41, 5.74) is 4.02. The Morgan fingerprint density at radius 2 is 1.91 bits per heavy atom. The van der Waals surface area contributed by atoms with Crippen LogP contribution in [0.2, 0.25) is 0 Å². The van der Waals surface area contributed by atoms with E-state index < -0.39 is 17.3 Å². The number of thiophene rings is 1. The second kappa shape index (κ2) is 12.9. The molecule has 1 aliphatic carbocycles. The van der Waals surface area contributed by atoms with Gasteiger partial charge in [0.1, 0.15) is 10.5 Å². The molecule has 1 aromatic rings. The molecule has 5 nitrogen and oxygen atoms in total. The summed E-state index contributed by atoms with van der Waals surface area (Å²) in [5.74, 6) is -0.914. The van der Waals surface area contributed by atoms with Crippen molar-refractivity contribution in [3.05, 3.63) is 62.8 Å². The molecule has 1 N–H and O–H groups in total. The maximum atomic E-state index is 15.1. The minimum atomic E-state index is -0.557. The normalized spacial score (nSPS) is 16.4. The smallest absolute Gasteiger partial charge is 0.410 e. The van der Waals surface area contributed by atoms with Crippen molar-refractivity contribution in [2.75, 3.05) is 13.1 Å². The van der Waals surface area contributed by atoms with E-state index in [1.54, 1.807) is 10.3 Å². The number of nitrogens with zero attached hydrogens (tertiary/aromatic N) is 1. The zero-order valence-electron chi connectivity index (χ0n) is 22.1.